The second-order valence-electron chi connectivity index (χ2n) is 20.4. The molecule has 0 spiro atoms. The third kappa shape index (κ3) is 7.20. The third-order valence-electron chi connectivity index (χ3n) is 15.8. The maximum atomic E-state index is 14.1. The van der Waals surface area contributed by atoms with Crippen molar-refractivity contribution in [3.8, 4) is 0 Å². The fourth-order valence-corrected chi connectivity index (χ4v) is 13.1. The number of ether oxygens (including phenoxy) is 1. The lowest BCUT2D eigenvalue weighted by molar-refractivity contribution is -0.214. The van der Waals surface area contributed by atoms with Crippen molar-refractivity contribution in [3.05, 3.63) is 29.5 Å². The third-order valence-corrected chi connectivity index (χ3v) is 15.8. The van der Waals surface area contributed by atoms with Gasteiger partial charge in [0.2, 0.25) is 0 Å². The van der Waals surface area contributed by atoms with Crippen LogP contribution in [0.25, 0.3) is 0 Å². The average molecular weight is 736 g/mol. The molecular formula is C44H69N3O6. The predicted octanol–water partition coefficient (Wildman–Crippen LogP) is 8.43. The van der Waals surface area contributed by atoms with Crippen LogP contribution in [-0.4, -0.2) is 77.4 Å². The predicted molar refractivity (Wildman–Crippen MR) is 206 cm³/mol. The number of esters is 1. The Kier molecular flexibility index (Phi) is 11.0. The molecular weight excluding hydrogens is 666 g/mol. The van der Waals surface area contributed by atoms with Crippen LogP contribution in [0.1, 0.15) is 132 Å². The molecule has 5 aliphatic carbocycles. The van der Waals surface area contributed by atoms with Crippen LogP contribution in [0.5, 0.6) is 0 Å². The molecule has 8 atom stereocenters. The van der Waals surface area contributed by atoms with Gasteiger partial charge >= 0.3 is 11.9 Å². The molecule has 53 heavy (non-hydrogen) atoms. The zero-order valence-electron chi connectivity index (χ0n) is 34.6. The van der Waals surface area contributed by atoms with Crippen molar-refractivity contribution in [3.63, 3.8) is 0 Å². The molecule has 0 saturated heterocycles. The Morgan fingerprint density at radius 2 is 1.70 bits per heavy atom. The van der Waals surface area contributed by atoms with E-state index < -0.39 is 17.4 Å². The summed E-state index contributed by atoms with van der Waals surface area (Å²) < 4.78 is 11.5. The highest BCUT2D eigenvalue weighted by molar-refractivity contribution is 6.00. The molecule has 296 valence electrons. The minimum atomic E-state index is -1.15. The van der Waals surface area contributed by atoms with Crippen LogP contribution in [0.15, 0.2) is 28.2 Å². The highest BCUT2D eigenvalue weighted by atomic mass is 16.5. The lowest BCUT2D eigenvalue weighted by Gasteiger charge is -2.69. The fraction of sp³-hybridized carbons (Fsp3) is 0.818. The molecule has 5 aliphatic rings. The smallest absolute Gasteiger partial charge is 0.309 e. The number of aromatic nitrogens is 1. The zero-order valence-corrected chi connectivity index (χ0v) is 34.6. The van der Waals surface area contributed by atoms with Gasteiger partial charge in [-0.1, -0.05) is 47.1 Å². The number of fused-ring (bicyclic) bond motifs is 7. The van der Waals surface area contributed by atoms with Gasteiger partial charge in [-0.05, 0) is 138 Å². The second-order valence-corrected chi connectivity index (χ2v) is 20.4. The molecule has 4 fully saturated rings. The first kappa shape index (κ1) is 40.2. The number of oxazole rings is 1. The van der Waals surface area contributed by atoms with Crippen LogP contribution in [0, 0.1) is 56.7 Å². The molecule has 6 rings (SSSR count). The first-order valence-electron chi connectivity index (χ1n) is 20.7. The first-order valence-corrected chi connectivity index (χ1v) is 20.7. The van der Waals surface area contributed by atoms with Crippen molar-refractivity contribution >= 4 is 17.7 Å². The van der Waals surface area contributed by atoms with Gasteiger partial charge in [0.05, 0.1) is 17.5 Å². The quantitative estimate of drug-likeness (QED) is 0.200. The van der Waals surface area contributed by atoms with E-state index in [-0.39, 0.29) is 40.1 Å². The van der Waals surface area contributed by atoms with Crippen molar-refractivity contribution in [1.29, 1.82) is 0 Å². The monoisotopic (exact) mass is 736 g/mol. The number of allylic oxidation sites excluding steroid dienone is 2. The number of ketones is 1. The SMILES string of the molecule is CC(C)C1=C2C3CCC4C(C)(CCC5C(C)(C)C(OC(=O)CC(C)(C)C(=O)O)CCC54C)C3CCC2(CCN(CCN(C)C)Cc2cocn2)CC1=O. The average Bonchev–Trinajstić information content (AvgIpc) is 3.68. The molecule has 8 unspecified atom stereocenters. The molecule has 4 saturated carbocycles. The van der Waals surface area contributed by atoms with Gasteiger partial charge in [0.25, 0.3) is 0 Å². The van der Waals surface area contributed by atoms with E-state index in [9.17, 15) is 19.5 Å². The van der Waals surface area contributed by atoms with E-state index in [4.69, 9.17) is 9.15 Å². The second kappa shape index (κ2) is 14.5. The van der Waals surface area contributed by atoms with E-state index in [1.54, 1.807) is 25.7 Å². The molecule has 0 aromatic carbocycles. The van der Waals surface area contributed by atoms with Crippen molar-refractivity contribution in [1.82, 2.24) is 14.8 Å². The van der Waals surface area contributed by atoms with Crippen LogP contribution in [0.3, 0.4) is 0 Å². The number of carboxylic acids is 1. The summed E-state index contributed by atoms with van der Waals surface area (Å²) in [5, 5.41) is 9.61. The summed E-state index contributed by atoms with van der Waals surface area (Å²) in [6.07, 6.45) is 13.3. The summed E-state index contributed by atoms with van der Waals surface area (Å²) in [6.45, 7) is 21.0. The van der Waals surface area contributed by atoms with Crippen LogP contribution in [0.4, 0.5) is 0 Å². The van der Waals surface area contributed by atoms with Crippen LogP contribution >= 0.6 is 0 Å². The maximum Gasteiger partial charge on any atom is 0.309 e. The number of carbonyl (C=O) groups is 3. The van der Waals surface area contributed by atoms with Crippen molar-refractivity contribution in [2.75, 3.05) is 33.7 Å². The number of nitrogens with zero attached hydrogens (tertiary/aromatic N) is 3. The first-order chi connectivity index (χ1) is 24.7. The molecule has 0 radical (unpaired) electrons. The summed E-state index contributed by atoms with van der Waals surface area (Å²) in [7, 11) is 4.25. The molecule has 9 nitrogen and oxygen atoms in total. The Labute approximate surface area is 319 Å². The lowest BCUT2D eigenvalue weighted by atomic mass is 9.36. The maximum absolute atomic E-state index is 14.1. The van der Waals surface area contributed by atoms with Gasteiger partial charge in [-0.3, -0.25) is 19.3 Å². The summed E-state index contributed by atoms with van der Waals surface area (Å²) in [6, 6.07) is 0. The fourth-order valence-electron chi connectivity index (χ4n) is 13.1. The van der Waals surface area contributed by atoms with Gasteiger partial charge < -0.3 is 19.2 Å². The molecule has 0 amide bonds. The minimum absolute atomic E-state index is 0.0541. The number of carboxylic acid groups (broad SMARTS) is 1. The number of Topliss-reactive ketones (excluding diaryl/α,β-unsaturated/α-hetero) is 1. The van der Waals surface area contributed by atoms with Crippen LogP contribution in [0.2, 0.25) is 0 Å². The molecule has 9 heteroatoms. The Balaban J connectivity index is 1.23. The van der Waals surface area contributed by atoms with E-state index in [2.05, 4.69) is 70.4 Å². The Hall–Kier alpha value is -2.52. The van der Waals surface area contributed by atoms with Gasteiger partial charge in [-0.25, -0.2) is 4.98 Å². The summed E-state index contributed by atoms with van der Waals surface area (Å²) in [5.41, 5.74) is 2.59. The van der Waals surface area contributed by atoms with E-state index in [0.29, 0.717) is 35.9 Å². The number of rotatable bonds is 13. The normalized spacial score (nSPS) is 35.3. The van der Waals surface area contributed by atoms with E-state index in [1.165, 1.54) is 19.2 Å². The van der Waals surface area contributed by atoms with E-state index in [1.807, 2.05) is 0 Å². The molecule has 1 aromatic heterocycles. The standard InChI is InChI=1S/C44H69N3O6/c1-28(2)37-32(48)23-44(19-20-47(22-21-46(9)10)25-29-26-52-27-45-29)18-13-31-30(38(37)44)11-12-34-42(31,7)16-14-33-41(5,6)35(15-17-43(33,34)8)53-36(49)24-40(3,4)39(50)51/h26-28,30-31,33-35H,11-25H2,1-10H3,(H,50,51). The highest BCUT2D eigenvalue weighted by Gasteiger charge is 2.66. The molecule has 0 aliphatic heterocycles. The Bertz CT molecular complexity index is 1560. The Morgan fingerprint density at radius 1 is 0.981 bits per heavy atom. The topological polar surface area (TPSA) is 113 Å². The lowest BCUT2D eigenvalue weighted by Crippen LogP contribution is -2.63. The Morgan fingerprint density at radius 3 is 2.34 bits per heavy atom. The van der Waals surface area contributed by atoms with Gasteiger partial charge in [-0.2, -0.15) is 0 Å². The molecule has 1 aromatic rings. The number of hydrogen-bond acceptors (Lipinski definition) is 8. The minimum Gasteiger partial charge on any atom is -0.481 e. The number of carbonyl (C=O) groups excluding carboxylic acids is 2. The van der Waals surface area contributed by atoms with Crippen molar-refractivity contribution in [2.24, 2.45) is 56.7 Å². The zero-order chi connectivity index (χ0) is 38.7. The summed E-state index contributed by atoms with van der Waals surface area (Å²) in [4.78, 5) is 48.1. The highest BCUT2D eigenvalue weighted by Crippen LogP contribution is 2.73. The van der Waals surface area contributed by atoms with Gasteiger partial charge in [0.1, 0.15) is 12.4 Å². The number of hydrogen-bond donors (Lipinski definition) is 1. The van der Waals surface area contributed by atoms with Crippen LogP contribution in [-0.2, 0) is 25.7 Å². The van der Waals surface area contributed by atoms with Crippen molar-refractivity contribution < 1.29 is 28.6 Å². The van der Waals surface area contributed by atoms with E-state index >= 15 is 0 Å². The molecule has 1 heterocycles. The largest absolute Gasteiger partial charge is 0.481 e. The van der Waals surface area contributed by atoms with Gasteiger partial charge in [-0.15, -0.1) is 0 Å². The molecule has 0 bridgehead atoms. The van der Waals surface area contributed by atoms with E-state index in [0.717, 1.165) is 82.4 Å². The number of aliphatic carboxylic acids is 1. The van der Waals surface area contributed by atoms with Crippen LogP contribution < -0.4 is 0 Å². The van der Waals surface area contributed by atoms with Gasteiger partial charge in [0, 0.05) is 36.9 Å². The summed E-state index contributed by atoms with van der Waals surface area (Å²) in [5.74, 6) is 1.28. The molecule has 1 N–H and O–H groups in total. The number of likely N-dealkylation sites (N-methyl/N-ethyl adjacent to an activating group) is 1. The summed E-state index contributed by atoms with van der Waals surface area (Å²) >= 11 is 0. The van der Waals surface area contributed by atoms with Crippen molar-refractivity contribution in [2.45, 2.75) is 139 Å². The van der Waals surface area contributed by atoms with Gasteiger partial charge in [0.15, 0.2) is 12.2 Å².